The van der Waals surface area contributed by atoms with Crippen LogP contribution < -0.4 is 10.9 Å². The predicted octanol–water partition coefficient (Wildman–Crippen LogP) is 3.96. The second kappa shape index (κ2) is 8.58. The van der Waals surface area contributed by atoms with Crippen molar-refractivity contribution in [1.29, 1.82) is 0 Å². The summed E-state index contributed by atoms with van der Waals surface area (Å²) in [6.07, 6.45) is 7.48. The Balaban J connectivity index is 1.33. The van der Waals surface area contributed by atoms with Crippen LogP contribution in [0, 0.1) is 5.82 Å². The van der Waals surface area contributed by atoms with Gasteiger partial charge in [-0.1, -0.05) is 37.1 Å². The van der Waals surface area contributed by atoms with Crippen LogP contribution in [0.5, 0.6) is 5.75 Å². The number of nitrogens with one attached hydrogen (secondary N) is 1. The maximum Gasteiger partial charge on any atom is 0.296 e. The smallest absolute Gasteiger partial charge is 0.296 e. The molecule has 1 aliphatic heterocycles. The van der Waals surface area contributed by atoms with E-state index in [-0.39, 0.29) is 17.7 Å². The molecule has 2 aromatic heterocycles. The number of halogens is 1. The Bertz CT molecular complexity index is 1550. The highest BCUT2D eigenvalue weighted by atomic mass is 19.1. The van der Waals surface area contributed by atoms with Crippen molar-refractivity contribution in [1.82, 2.24) is 24.6 Å². The van der Waals surface area contributed by atoms with Gasteiger partial charge in [-0.05, 0) is 49.4 Å². The van der Waals surface area contributed by atoms with E-state index in [2.05, 4.69) is 15.4 Å². The van der Waals surface area contributed by atoms with E-state index >= 15 is 0 Å². The molecule has 4 aromatic rings. The van der Waals surface area contributed by atoms with E-state index in [4.69, 9.17) is 0 Å². The summed E-state index contributed by atoms with van der Waals surface area (Å²) in [6, 6.07) is 11.9. The molecule has 1 fully saturated rings. The summed E-state index contributed by atoms with van der Waals surface area (Å²) < 4.78 is 17.4. The number of amides is 1. The van der Waals surface area contributed by atoms with Gasteiger partial charge in [0.25, 0.3) is 11.5 Å². The molecule has 8 nitrogen and oxygen atoms in total. The van der Waals surface area contributed by atoms with Crippen molar-refractivity contribution < 1.29 is 14.3 Å². The van der Waals surface area contributed by atoms with Crippen LogP contribution in [0.4, 0.5) is 4.39 Å². The fourth-order valence-electron chi connectivity index (χ4n) is 5.83. The minimum absolute atomic E-state index is 0.0350. The van der Waals surface area contributed by atoms with Crippen LogP contribution in [0.25, 0.3) is 16.6 Å². The van der Waals surface area contributed by atoms with E-state index in [0.29, 0.717) is 23.6 Å². The lowest BCUT2D eigenvalue weighted by Gasteiger charge is -2.35. The monoisotopic (exact) mass is 487 g/mol. The van der Waals surface area contributed by atoms with E-state index in [1.807, 2.05) is 24.3 Å². The van der Waals surface area contributed by atoms with Gasteiger partial charge in [0.1, 0.15) is 11.6 Å². The minimum Gasteiger partial charge on any atom is -0.501 e. The molecule has 1 aliphatic carbocycles. The van der Waals surface area contributed by atoms with Crippen LogP contribution in [-0.4, -0.2) is 30.3 Å². The molecule has 0 atom stereocenters. The predicted molar refractivity (Wildman–Crippen MR) is 132 cm³/mol. The standard InChI is InChI=1S/C27H26FN5O3/c28-19-9-8-18(21(14-19)33-20-7-2-1-6-17(20)16-30-33)15-29-24(35)22-23(34)25(36)32-13-5-12-27(26(32)31-22)10-3-4-11-27/h1-2,6-9,14,16,34H,3-5,10-13,15H2,(H,29,35). The Hall–Kier alpha value is -4.01. The summed E-state index contributed by atoms with van der Waals surface area (Å²) in [4.78, 5) is 30.7. The minimum atomic E-state index is -0.646. The highest BCUT2D eigenvalue weighted by molar-refractivity contribution is 5.94. The molecule has 1 amide bonds. The third kappa shape index (κ3) is 3.57. The van der Waals surface area contributed by atoms with Gasteiger partial charge in [-0.25, -0.2) is 14.1 Å². The summed E-state index contributed by atoms with van der Waals surface area (Å²) in [5, 5.41) is 18.7. The molecular weight excluding hydrogens is 461 g/mol. The lowest BCUT2D eigenvalue weighted by atomic mass is 9.78. The molecule has 9 heteroatoms. The fraction of sp³-hybridized carbons (Fsp3) is 0.333. The first-order chi connectivity index (χ1) is 17.5. The normalized spacial score (nSPS) is 16.4. The van der Waals surface area contributed by atoms with Gasteiger partial charge in [0.15, 0.2) is 5.69 Å². The number of rotatable bonds is 4. The number of para-hydroxylation sites is 1. The maximum absolute atomic E-state index is 14.2. The van der Waals surface area contributed by atoms with Gasteiger partial charge in [-0.2, -0.15) is 5.10 Å². The van der Waals surface area contributed by atoms with Crippen molar-refractivity contribution >= 4 is 16.8 Å². The van der Waals surface area contributed by atoms with E-state index < -0.39 is 23.0 Å². The molecular formula is C27H26FN5O3. The first-order valence-corrected chi connectivity index (χ1v) is 12.3. The van der Waals surface area contributed by atoms with Crippen molar-refractivity contribution in [3.63, 3.8) is 0 Å². The molecule has 1 saturated carbocycles. The van der Waals surface area contributed by atoms with Gasteiger partial charge < -0.3 is 10.4 Å². The van der Waals surface area contributed by atoms with Crippen LogP contribution in [-0.2, 0) is 18.5 Å². The van der Waals surface area contributed by atoms with Crippen molar-refractivity contribution in [3.05, 3.63) is 81.9 Å². The molecule has 2 aromatic carbocycles. The second-order valence-electron chi connectivity index (χ2n) is 9.75. The molecule has 0 bridgehead atoms. The topological polar surface area (TPSA) is 102 Å². The second-order valence-corrected chi connectivity index (χ2v) is 9.75. The number of carbonyl (C=O) groups is 1. The van der Waals surface area contributed by atoms with Gasteiger partial charge >= 0.3 is 0 Å². The molecule has 1 spiro atoms. The Labute approximate surface area is 206 Å². The third-order valence-electron chi connectivity index (χ3n) is 7.62. The average Bonchev–Trinajstić information content (AvgIpc) is 3.53. The number of nitrogens with zero attached hydrogens (tertiary/aromatic N) is 4. The summed E-state index contributed by atoms with van der Waals surface area (Å²) in [5.74, 6) is -1.09. The van der Waals surface area contributed by atoms with Crippen molar-refractivity contribution in [2.24, 2.45) is 0 Å². The highest BCUT2D eigenvalue weighted by Crippen LogP contribution is 2.45. The zero-order valence-corrected chi connectivity index (χ0v) is 19.7. The van der Waals surface area contributed by atoms with Gasteiger partial charge in [-0.3, -0.25) is 14.2 Å². The number of hydrogen-bond donors (Lipinski definition) is 2. The van der Waals surface area contributed by atoms with Gasteiger partial charge in [0, 0.05) is 23.9 Å². The Kier molecular flexibility index (Phi) is 5.35. The largest absolute Gasteiger partial charge is 0.501 e. The first-order valence-electron chi connectivity index (χ1n) is 12.3. The van der Waals surface area contributed by atoms with Gasteiger partial charge in [0.2, 0.25) is 5.75 Å². The molecule has 2 aliphatic rings. The van der Waals surface area contributed by atoms with Crippen LogP contribution in [0.15, 0.2) is 53.5 Å². The van der Waals surface area contributed by atoms with Crippen LogP contribution in [0.2, 0.25) is 0 Å². The summed E-state index contributed by atoms with van der Waals surface area (Å²) in [7, 11) is 0. The molecule has 184 valence electrons. The Morgan fingerprint density at radius 3 is 2.72 bits per heavy atom. The van der Waals surface area contributed by atoms with Gasteiger partial charge in [-0.15, -0.1) is 0 Å². The van der Waals surface area contributed by atoms with Crippen LogP contribution >= 0.6 is 0 Å². The number of hydrogen-bond acceptors (Lipinski definition) is 5. The van der Waals surface area contributed by atoms with E-state index in [1.165, 1.54) is 12.1 Å². The number of benzene rings is 2. The first kappa shape index (κ1) is 22.5. The van der Waals surface area contributed by atoms with Crippen molar-refractivity contribution in [2.45, 2.75) is 57.0 Å². The number of carbonyl (C=O) groups excluding carboxylic acids is 1. The lowest BCUT2D eigenvalue weighted by Crippen LogP contribution is -2.41. The van der Waals surface area contributed by atoms with Crippen molar-refractivity contribution in [2.75, 3.05) is 0 Å². The molecule has 6 rings (SSSR count). The third-order valence-corrected chi connectivity index (χ3v) is 7.62. The number of fused-ring (bicyclic) bond motifs is 3. The molecule has 0 unspecified atom stereocenters. The SMILES string of the molecule is O=C(NCc1ccc(F)cc1-n1ncc2ccccc21)c1nc2n(c(=O)c1O)CCCC21CCCC1. The van der Waals surface area contributed by atoms with E-state index in [9.17, 15) is 19.1 Å². The molecule has 3 heterocycles. The highest BCUT2D eigenvalue weighted by Gasteiger charge is 2.42. The Morgan fingerprint density at radius 2 is 1.89 bits per heavy atom. The average molecular weight is 488 g/mol. The summed E-state index contributed by atoms with van der Waals surface area (Å²) in [6.45, 7) is 0.530. The lowest BCUT2D eigenvalue weighted by molar-refractivity contribution is 0.0940. The summed E-state index contributed by atoms with van der Waals surface area (Å²) in [5.41, 5.74) is 0.892. The van der Waals surface area contributed by atoms with E-state index in [0.717, 1.165) is 49.4 Å². The molecule has 0 radical (unpaired) electrons. The van der Waals surface area contributed by atoms with Crippen LogP contribution in [0.1, 0.15) is 60.4 Å². The summed E-state index contributed by atoms with van der Waals surface area (Å²) >= 11 is 0. The number of aromatic hydroxyl groups is 1. The zero-order valence-electron chi connectivity index (χ0n) is 19.7. The number of aromatic nitrogens is 4. The fourth-order valence-corrected chi connectivity index (χ4v) is 5.83. The van der Waals surface area contributed by atoms with Crippen LogP contribution in [0.3, 0.4) is 0 Å². The maximum atomic E-state index is 14.2. The quantitative estimate of drug-likeness (QED) is 0.454. The zero-order chi connectivity index (χ0) is 24.9. The molecule has 36 heavy (non-hydrogen) atoms. The van der Waals surface area contributed by atoms with E-state index in [1.54, 1.807) is 21.5 Å². The Morgan fingerprint density at radius 1 is 1.11 bits per heavy atom. The molecule has 0 saturated heterocycles. The molecule has 2 N–H and O–H groups in total. The van der Waals surface area contributed by atoms with Gasteiger partial charge in [0.05, 0.1) is 17.4 Å². The van der Waals surface area contributed by atoms with Crippen molar-refractivity contribution in [3.8, 4) is 11.4 Å².